The molecule has 2 heterocycles. The summed E-state index contributed by atoms with van der Waals surface area (Å²) in [5, 5.41) is 8.17. The van der Waals surface area contributed by atoms with E-state index in [9.17, 15) is 0 Å². The quantitative estimate of drug-likeness (QED) is 0.744. The lowest BCUT2D eigenvalue weighted by Crippen LogP contribution is -1.98. The van der Waals surface area contributed by atoms with Crippen molar-refractivity contribution in [3.8, 4) is 11.4 Å². The molecule has 0 saturated heterocycles. The maximum atomic E-state index is 4.27. The van der Waals surface area contributed by atoms with E-state index in [-0.39, 0.29) is 0 Å². The van der Waals surface area contributed by atoms with E-state index in [1.54, 1.807) is 6.20 Å². The Hall–Kier alpha value is -1.71. The van der Waals surface area contributed by atoms with E-state index in [1.807, 2.05) is 25.4 Å². The molecule has 2 aromatic heterocycles. The van der Waals surface area contributed by atoms with Gasteiger partial charge in [0.2, 0.25) is 0 Å². The van der Waals surface area contributed by atoms with Crippen LogP contribution < -0.4 is 0 Å². The monoisotopic (exact) mass is 200 g/mol. The molecule has 76 valence electrons. The normalized spacial score (nSPS) is 15.5. The number of hydrogen-bond acceptors (Lipinski definition) is 3. The molecule has 0 spiro atoms. The third kappa shape index (κ3) is 1.42. The Morgan fingerprint density at radius 2 is 2.27 bits per heavy atom. The zero-order valence-electron chi connectivity index (χ0n) is 8.59. The number of aromatic nitrogens is 4. The molecule has 0 bridgehead atoms. The molecule has 1 fully saturated rings. The van der Waals surface area contributed by atoms with Crippen molar-refractivity contribution in [2.75, 3.05) is 0 Å². The Kier molecular flexibility index (Phi) is 1.80. The minimum Gasteiger partial charge on any atom is -0.310 e. The van der Waals surface area contributed by atoms with Crippen LogP contribution in [0.4, 0.5) is 0 Å². The molecule has 2 aromatic rings. The highest BCUT2D eigenvalue weighted by Crippen LogP contribution is 2.37. The smallest absolute Gasteiger partial charge is 0.165 e. The van der Waals surface area contributed by atoms with Crippen LogP contribution in [-0.4, -0.2) is 19.7 Å². The van der Waals surface area contributed by atoms with Gasteiger partial charge in [0.05, 0.1) is 0 Å². The standard InChI is InChI=1S/C11H12N4/c1-8-10(3-2-6-12-8)11-14-13-7-15(11)9-4-5-9/h2-3,6-7,9H,4-5H2,1H3. The first kappa shape index (κ1) is 8.59. The maximum Gasteiger partial charge on any atom is 0.165 e. The summed E-state index contributed by atoms with van der Waals surface area (Å²) in [7, 11) is 0. The van der Waals surface area contributed by atoms with Gasteiger partial charge in [-0.2, -0.15) is 0 Å². The highest BCUT2D eigenvalue weighted by atomic mass is 15.3. The van der Waals surface area contributed by atoms with Gasteiger partial charge in [-0.15, -0.1) is 10.2 Å². The van der Waals surface area contributed by atoms with Gasteiger partial charge in [-0.1, -0.05) is 0 Å². The van der Waals surface area contributed by atoms with Crippen molar-refractivity contribution in [3.63, 3.8) is 0 Å². The predicted molar refractivity (Wildman–Crippen MR) is 56.3 cm³/mol. The second-order valence-electron chi connectivity index (χ2n) is 3.93. The minimum absolute atomic E-state index is 0.606. The van der Waals surface area contributed by atoms with Gasteiger partial charge in [-0.3, -0.25) is 4.98 Å². The molecular formula is C11H12N4. The fraction of sp³-hybridized carbons (Fsp3) is 0.364. The summed E-state index contributed by atoms with van der Waals surface area (Å²) in [6, 6.07) is 4.59. The Morgan fingerprint density at radius 3 is 3.00 bits per heavy atom. The highest BCUT2D eigenvalue weighted by molar-refractivity contribution is 5.57. The molecule has 0 radical (unpaired) electrons. The molecule has 0 aromatic carbocycles. The summed E-state index contributed by atoms with van der Waals surface area (Å²) < 4.78 is 2.16. The average molecular weight is 200 g/mol. The van der Waals surface area contributed by atoms with Crippen LogP contribution in [-0.2, 0) is 0 Å². The van der Waals surface area contributed by atoms with E-state index < -0.39 is 0 Å². The molecule has 0 atom stereocenters. The van der Waals surface area contributed by atoms with Crippen LogP contribution in [0.5, 0.6) is 0 Å². The summed E-state index contributed by atoms with van der Waals surface area (Å²) in [6.07, 6.45) is 6.10. The molecule has 15 heavy (non-hydrogen) atoms. The van der Waals surface area contributed by atoms with Crippen molar-refractivity contribution in [2.24, 2.45) is 0 Å². The average Bonchev–Trinajstić information content (AvgIpc) is 2.98. The molecule has 3 rings (SSSR count). The van der Waals surface area contributed by atoms with Crippen molar-refractivity contribution < 1.29 is 0 Å². The number of hydrogen-bond donors (Lipinski definition) is 0. The Labute approximate surface area is 88.0 Å². The van der Waals surface area contributed by atoms with Crippen LogP contribution >= 0.6 is 0 Å². The van der Waals surface area contributed by atoms with E-state index >= 15 is 0 Å². The molecule has 1 aliphatic rings. The van der Waals surface area contributed by atoms with Crippen LogP contribution in [0.1, 0.15) is 24.6 Å². The van der Waals surface area contributed by atoms with E-state index in [0.717, 1.165) is 17.1 Å². The van der Waals surface area contributed by atoms with Gasteiger partial charge < -0.3 is 4.57 Å². The lowest BCUT2D eigenvalue weighted by Gasteiger charge is -2.05. The summed E-state index contributed by atoms with van der Waals surface area (Å²) in [5.74, 6) is 0.947. The third-order valence-electron chi connectivity index (χ3n) is 2.76. The first-order valence-electron chi connectivity index (χ1n) is 5.18. The zero-order chi connectivity index (χ0) is 10.3. The lowest BCUT2D eigenvalue weighted by molar-refractivity contribution is 0.745. The molecule has 1 aliphatic carbocycles. The summed E-state index contributed by atoms with van der Waals surface area (Å²) in [6.45, 7) is 2.00. The Balaban J connectivity index is 2.12. The second kappa shape index (κ2) is 3.15. The van der Waals surface area contributed by atoms with Gasteiger partial charge in [-0.05, 0) is 31.9 Å². The molecule has 4 heteroatoms. The molecule has 0 aliphatic heterocycles. The van der Waals surface area contributed by atoms with E-state index in [4.69, 9.17) is 0 Å². The van der Waals surface area contributed by atoms with E-state index in [1.165, 1.54) is 12.8 Å². The first-order chi connectivity index (χ1) is 7.36. The van der Waals surface area contributed by atoms with Gasteiger partial charge in [0, 0.05) is 23.5 Å². The lowest BCUT2D eigenvalue weighted by atomic mass is 10.2. The van der Waals surface area contributed by atoms with Gasteiger partial charge in [0.15, 0.2) is 5.82 Å². The SMILES string of the molecule is Cc1ncccc1-c1nncn1C1CC1. The van der Waals surface area contributed by atoms with Crippen LogP contribution in [0, 0.1) is 6.92 Å². The fourth-order valence-electron chi connectivity index (χ4n) is 1.78. The minimum atomic E-state index is 0.606. The van der Waals surface area contributed by atoms with Gasteiger partial charge in [-0.25, -0.2) is 0 Å². The van der Waals surface area contributed by atoms with Crippen molar-refractivity contribution in [1.29, 1.82) is 0 Å². The topological polar surface area (TPSA) is 43.6 Å². The van der Waals surface area contributed by atoms with Crippen LogP contribution in [0.3, 0.4) is 0 Å². The predicted octanol–water partition coefficient (Wildman–Crippen LogP) is 1.98. The molecule has 0 N–H and O–H groups in total. The second-order valence-corrected chi connectivity index (χ2v) is 3.93. The van der Waals surface area contributed by atoms with Crippen LogP contribution in [0.25, 0.3) is 11.4 Å². The van der Waals surface area contributed by atoms with E-state index in [0.29, 0.717) is 6.04 Å². The van der Waals surface area contributed by atoms with Gasteiger partial charge >= 0.3 is 0 Å². The maximum absolute atomic E-state index is 4.27. The molecule has 4 nitrogen and oxygen atoms in total. The van der Waals surface area contributed by atoms with Gasteiger partial charge in [0.25, 0.3) is 0 Å². The molecule has 0 unspecified atom stereocenters. The number of nitrogens with zero attached hydrogens (tertiary/aromatic N) is 4. The van der Waals surface area contributed by atoms with Gasteiger partial charge in [0.1, 0.15) is 6.33 Å². The van der Waals surface area contributed by atoms with Crippen molar-refractivity contribution in [1.82, 2.24) is 19.7 Å². The Bertz CT molecular complexity index is 485. The highest BCUT2D eigenvalue weighted by Gasteiger charge is 2.26. The van der Waals surface area contributed by atoms with Crippen LogP contribution in [0.15, 0.2) is 24.7 Å². The summed E-state index contributed by atoms with van der Waals surface area (Å²) >= 11 is 0. The number of aryl methyl sites for hydroxylation is 1. The number of pyridine rings is 1. The van der Waals surface area contributed by atoms with Crippen molar-refractivity contribution in [3.05, 3.63) is 30.4 Å². The summed E-state index contributed by atoms with van der Waals surface area (Å²) in [4.78, 5) is 4.27. The molecule has 1 saturated carbocycles. The molecular weight excluding hydrogens is 188 g/mol. The first-order valence-corrected chi connectivity index (χ1v) is 5.18. The van der Waals surface area contributed by atoms with Crippen LogP contribution in [0.2, 0.25) is 0 Å². The zero-order valence-corrected chi connectivity index (χ0v) is 8.59. The van der Waals surface area contributed by atoms with Crippen molar-refractivity contribution in [2.45, 2.75) is 25.8 Å². The molecule has 0 amide bonds. The fourth-order valence-corrected chi connectivity index (χ4v) is 1.78. The number of rotatable bonds is 2. The summed E-state index contributed by atoms with van der Waals surface area (Å²) in [5.41, 5.74) is 2.09. The van der Waals surface area contributed by atoms with E-state index in [2.05, 4.69) is 19.7 Å². The largest absolute Gasteiger partial charge is 0.310 e. The third-order valence-corrected chi connectivity index (χ3v) is 2.76. The van der Waals surface area contributed by atoms with Crippen molar-refractivity contribution >= 4 is 0 Å². The Morgan fingerprint density at radius 1 is 1.40 bits per heavy atom.